The van der Waals surface area contributed by atoms with Gasteiger partial charge < -0.3 is 20.3 Å². The SMILES string of the molecule is Cc1cc(C)cc(NC(=O)c2cccnc2S(C)(NC(=O)CNCCN(C)C)c2ccncc2)c1. The molecule has 186 valence electrons. The van der Waals surface area contributed by atoms with E-state index in [0.29, 0.717) is 17.1 Å². The molecule has 0 fully saturated rings. The number of likely N-dealkylation sites (N-methyl/N-ethyl adjacent to an activating group) is 1. The third-order valence-corrected chi connectivity index (χ3v) is 8.29. The van der Waals surface area contributed by atoms with E-state index in [1.54, 1.807) is 30.7 Å². The van der Waals surface area contributed by atoms with Crippen molar-refractivity contribution in [3.05, 3.63) is 77.7 Å². The minimum Gasteiger partial charge on any atom is -0.322 e. The van der Waals surface area contributed by atoms with Crippen molar-refractivity contribution in [3.8, 4) is 0 Å². The Hall–Kier alpha value is -3.27. The van der Waals surface area contributed by atoms with Crippen LogP contribution in [0.4, 0.5) is 5.69 Å². The number of benzene rings is 1. The number of amides is 2. The van der Waals surface area contributed by atoms with Gasteiger partial charge >= 0.3 is 0 Å². The summed E-state index contributed by atoms with van der Waals surface area (Å²) in [5.41, 5.74) is 3.26. The van der Waals surface area contributed by atoms with Gasteiger partial charge in [0, 0.05) is 42.3 Å². The summed E-state index contributed by atoms with van der Waals surface area (Å²) in [6, 6.07) is 13.1. The number of aromatic nitrogens is 2. The number of aryl methyl sites for hydroxylation is 2. The molecule has 0 aliphatic carbocycles. The van der Waals surface area contributed by atoms with Crippen molar-refractivity contribution in [2.75, 3.05) is 45.3 Å². The quantitative estimate of drug-likeness (QED) is 0.374. The smallest absolute Gasteiger partial charge is 0.258 e. The first-order chi connectivity index (χ1) is 16.7. The molecule has 35 heavy (non-hydrogen) atoms. The van der Waals surface area contributed by atoms with Gasteiger partial charge in [-0.15, -0.1) is 0 Å². The molecule has 2 aromatic heterocycles. The van der Waals surface area contributed by atoms with Crippen molar-refractivity contribution in [1.29, 1.82) is 0 Å². The Labute approximate surface area is 209 Å². The molecule has 9 heteroatoms. The average molecular weight is 495 g/mol. The van der Waals surface area contributed by atoms with Gasteiger partial charge in [-0.3, -0.25) is 14.6 Å². The van der Waals surface area contributed by atoms with E-state index >= 15 is 0 Å². The Balaban J connectivity index is 1.92. The summed E-state index contributed by atoms with van der Waals surface area (Å²) in [6.45, 7) is 5.66. The summed E-state index contributed by atoms with van der Waals surface area (Å²) in [5, 5.41) is 6.71. The number of anilines is 1. The molecule has 0 saturated heterocycles. The van der Waals surface area contributed by atoms with Crippen LogP contribution in [-0.2, 0) is 4.79 Å². The monoisotopic (exact) mass is 494 g/mol. The highest BCUT2D eigenvalue weighted by Gasteiger charge is 2.31. The topological polar surface area (TPSA) is 99.2 Å². The zero-order chi connectivity index (χ0) is 25.4. The van der Waals surface area contributed by atoms with Gasteiger partial charge in [0.2, 0.25) is 5.91 Å². The number of pyridine rings is 2. The summed E-state index contributed by atoms with van der Waals surface area (Å²) in [5.74, 6) is -0.436. The minimum absolute atomic E-state index is 0.163. The lowest BCUT2D eigenvalue weighted by molar-refractivity contribution is -0.118. The first-order valence-electron chi connectivity index (χ1n) is 11.4. The number of carbonyl (C=O) groups is 2. The molecule has 0 radical (unpaired) electrons. The van der Waals surface area contributed by atoms with Crippen molar-refractivity contribution < 1.29 is 9.59 Å². The molecule has 1 unspecified atom stereocenters. The standard InChI is InChI=1S/C26H34N6O2S/c1-19-15-20(2)17-21(16-19)30-25(34)23-7-6-10-29-26(23)35(5,22-8-11-27-12-9-22)31-24(33)18-28-13-14-32(3)4/h6-12,15-17,28H,13-14,18H2,1-5H3,(H,30,34)(H,31,33). The van der Waals surface area contributed by atoms with E-state index in [1.807, 2.05) is 63.4 Å². The molecule has 1 aromatic carbocycles. The lowest BCUT2D eigenvalue weighted by Crippen LogP contribution is -2.38. The number of nitrogens with one attached hydrogen (secondary N) is 3. The molecule has 0 aliphatic rings. The predicted molar refractivity (Wildman–Crippen MR) is 142 cm³/mol. The zero-order valence-electron chi connectivity index (χ0n) is 21.0. The van der Waals surface area contributed by atoms with Gasteiger partial charge in [0.1, 0.15) is 5.03 Å². The fourth-order valence-electron chi connectivity index (χ4n) is 3.73. The third-order valence-electron chi connectivity index (χ3n) is 5.34. The fourth-order valence-corrected chi connectivity index (χ4v) is 6.24. The molecule has 0 bridgehead atoms. The number of hydrogen-bond donors (Lipinski definition) is 3. The van der Waals surface area contributed by atoms with Crippen LogP contribution in [0.15, 0.2) is 71.0 Å². The highest BCUT2D eigenvalue weighted by Crippen LogP contribution is 2.56. The molecule has 2 amide bonds. The summed E-state index contributed by atoms with van der Waals surface area (Å²) in [7, 11) is 1.77. The van der Waals surface area contributed by atoms with Crippen molar-refractivity contribution in [3.63, 3.8) is 0 Å². The maximum atomic E-state index is 13.4. The molecular weight excluding hydrogens is 460 g/mol. The van der Waals surface area contributed by atoms with Crippen LogP contribution in [0.1, 0.15) is 21.5 Å². The van der Waals surface area contributed by atoms with E-state index in [2.05, 4.69) is 31.4 Å². The Kier molecular flexibility index (Phi) is 8.97. The number of hydrogen-bond acceptors (Lipinski definition) is 6. The first-order valence-corrected chi connectivity index (χ1v) is 13.4. The van der Waals surface area contributed by atoms with Crippen molar-refractivity contribution in [1.82, 2.24) is 24.9 Å². The van der Waals surface area contributed by atoms with Gasteiger partial charge in [-0.25, -0.2) is 4.98 Å². The van der Waals surface area contributed by atoms with Gasteiger partial charge in [0.25, 0.3) is 5.91 Å². The second-order valence-corrected chi connectivity index (χ2v) is 11.7. The summed E-state index contributed by atoms with van der Waals surface area (Å²) in [4.78, 5) is 38.0. The average Bonchev–Trinajstić information content (AvgIpc) is 2.81. The molecular formula is C26H34N6O2S. The van der Waals surface area contributed by atoms with Crippen LogP contribution in [-0.4, -0.2) is 66.7 Å². The largest absolute Gasteiger partial charge is 0.322 e. The molecule has 0 spiro atoms. The number of nitrogens with zero attached hydrogens (tertiary/aromatic N) is 3. The molecule has 8 nitrogen and oxygen atoms in total. The van der Waals surface area contributed by atoms with Crippen molar-refractivity contribution in [2.24, 2.45) is 0 Å². The van der Waals surface area contributed by atoms with Crippen LogP contribution in [0.3, 0.4) is 0 Å². The Bertz CT molecular complexity index is 1150. The van der Waals surface area contributed by atoms with Crippen LogP contribution in [0.25, 0.3) is 0 Å². The van der Waals surface area contributed by atoms with Crippen molar-refractivity contribution >= 4 is 27.7 Å². The van der Waals surface area contributed by atoms with Gasteiger partial charge in [0.15, 0.2) is 0 Å². The molecule has 3 aromatic rings. The molecule has 2 heterocycles. The predicted octanol–water partition coefficient (Wildman–Crippen LogP) is 3.38. The number of rotatable bonds is 10. The highest BCUT2D eigenvalue weighted by atomic mass is 32.3. The Morgan fingerprint density at radius 2 is 1.69 bits per heavy atom. The maximum absolute atomic E-state index is 13.4. The molecule has 3 rings (SSSR count). The van der Waals surface area contributed by atoms with Gasteiger partial charge in [-0.2, -0.15) is 0 Å². The molecule has 3 N–H and O–H groups in total. The van der Waals surface area contributed by atoms with E-state index in [1.165, 1.54) is 0 Å². The van der Waals surface area contributed by atoms with E-state index in [4.69, 9.17) is 0 Å². The zero-order valence-corrected chi connectivity index (χ0v) is 21.8. The van der Waals surface area contributed by atoms with Crippen LogP contribution >= 0.6 is 10.2 Å². The maximum Gasteiger partial charge on any atom is 0.258 e. The molecule has 0 saturated carbocycles. The second-order valence-electron chi connectivity index (χ2n) is 8.79. The first kappa shape index (κ1) is 26.3. The minimum atomic E-state index is -2.20. The van der Waals surface area contributed by atoms with E-state index < -0.39 is 10.2 Å². The summed E-state index contributed by atoms with van der Waals surface area (Å²) >= 11 is 0. The Morgan fingerprint density at radius 3 is 2.34 bits per heavy atom. The van der Waals surface area contributed by atoms with E-state index in [0.717, 1.165) is 28.3 Å². The van der Waals surface area contributed by atoms with Gasteiger partial charge in [0.05, 0.1) is 12.1 Å². The normalized spacial score (nSPS) is 13.7. The summed E-state index contributed by atoms with van der Waals surface area (Å²) < 4.78 is 3.19. The molecule has 0 aliphatic heterocycles. The van der Waals surface area contributed by atoms with E-state index in [-0.39, 0.29) is 18.4 Å². The lowest BCUT2D eigenvalue weighted by Gasteiger charge is -2.37. The second kappa shape index (κ2) is 11.9. The fraction of sp³-hybridized carbons (Fsp3) is 0.308. The van der Waals surface area contributed by atoms with Crippen LogP contribution in [0, 0.1) is 13.8 Å². The highest BCUT2D eigenvalue weighted by molar-refractivity contribution is 8.32. The van der Waals surface area contributed by atoms with Crippen LogP contribution in [0.5, 0.6) is 0 Å². The third kappa shape index (κ3) is 7.11. The van der Waals surface area contributed by atoms with Crippen LogP contribution in [0.2, 0.25) is 0 Å². The summed E-state index contributed by atoms with van der Waals surface area (Å²) in [6.07, 6.45) is 6.95. The van der Waals surface area contributed by atoms with Gasteiger partial charge in [-0.1, -0.05) is 16.3 Å². The van der Waals surface area contributed by atoms with Crippen molar-refractivity contribution in [2.45, 2.75) is 23.8 Å². The van der Waals surface area contributed by atoms with E-state index in [9.17, 15) is 9.59 Å². The lowest BCUT2D eigenvalue weighted by atomic mass is 10.1. The van der Waals surface area contributed by atoms with Crippen LogP contribution < -0.4 is 15.4 Å². The Morgan fingerprint density at radius 1 is 1.00 bits per heavy atom. The molecule has 1 atom stereocenters. The number of carbonyl (C=O) groups excluding carboxylic acids is 2. The van der Waals surface area contributed by atoms with Gasteiger partial charge in [-0.05, 0) is 81.7 Å².